The molecule has 7 heteroatoms. The number of hydrogen-bond donors (Lipinski definition) is 1. The minimum absolute atomic E-state index is 0.608. The third kappa shape index (κ3) is 4.83. The Balaban J connectivity index is 1.41. The summed E-state index contributed by atoms with van der Waals surface area (Å²) in [5.41, 5.74) is 3.76. The van der Waals surface area contributed by atoms with Gasteiger partial charge in [-0.2, -0.15) is 0 Å². The predicted octanol–water partition coefficient (Wildman–Crippen LogP) is 3.42. The van der Waals surface area contributed by atoms with E-state index in [2.05, 4.69) is 27.2 Å². The van der Waals surface area contributed by atoms with Crippen molar-refractivity contribution in [2.24, 2.45) is 0 Å². The standard InChI is InChI=1S/C24H32N4O3/c1-17-22(18(2)31-26-17)14-21-13-20(5-6-23(21)30-4)15-27-10-7-24(29,8-11-27)16-28-12-9-25-19(28)3/h5-6,9,12-13,29H,7-8,10-11,14-16H2,1-4H3. The Hall–Kier alpha value is -2.64. The van der Waals surface area contributed by atoms with E-state index in [0.29, 0.717) is 6.54 Å². The number of piperidine rings is 1. The average Bonchev–Trinajstić information content (AvgIpc) is 3.29. The molecule has 0 unspecified atom stereocenters. The first kappa shape index (κ1) is 21.6. The maximum absolute atomic E-state index is 11.1. The van der Waals surface area contributed by atoms with Crippen molar-refractivity contribution >= 4 is 0 Å². The van der Waals surface area contributed by atoms with E-state index in [-0.39, 0.29) is 0 Å². The van der Waals surface area contributed by atoms with E-state index >= 15 is 0 Å². The maximum Gasteiger partial charge on any atom is 0.137 e. The second-order valence-electron chi connectivity index (χ2n) is 8.73. The molecule has 0 atom stereocenters. The molecular formula is C24H32N4O3. The van der Waals surface area contributed by atoms with Crippen LogP contribution in [0.4, 0.5) is 0 Å². The summed E-state index contributed by atoms with van der Waals surface area (Å²) < 4.78 is 13.0. The Kier molecular flexibility index (Phi) is 6.16. The van der Waals surface area contributed by atoms with Crippen molar-refractivity contribution < 1.29 is 14.4 Å². The lowest BCUT2D eigenvalue weighted by Gasteiger charge is -2.38. The fraction of sp³-hybridized carbons (Fsp3) is 0.500. The summed E-state index contributed by atoms with van der Waals surface area (Å²) in [6, 6.07) is 6.40. The van der Waals surface area contributed by atoms with E-state index < -0.39 is 5.60 Å². The largest absolute Gasteiger partial charge is 0.496 e. The van der Waals surface area contributed by atoms with Gasteiger partial charge in [-0.25, -0.2) is 4.98 Å². The number of nitrogens with zero attached hydrogens (tertiary/aromatic N) is 4. The number of ether oxygens (including phenoxy) is 1. The van der Waals surface area contributed by atoms with Crippen LogP contribution in [-0.2, 0) is 19.5 Å². The third-order valence-electron chi connectivity index (χ3n) is 6.47. The number of hydrogen-bond acceptors (Lipinski definition) is 6. The molecule has 1 N–H and O–H groups in total. The molecule has 3 heterocycles. The summed E-state index contributed by atoms with van der Waals surface area (Å²) >= 11 is 0. The summed E-state index contributed by atoms with van der Waals surface area (Å²) in [6.07, 6.45) is 5.98. The van der Waals surface area contributed by atoms with Gasteiger partial charge in [0.2, 0.25) is 0 Å². The molecule has 31 heavy (non-hydrogen) atoms. The number of aryl methyl sites for hydroxylation is 3. The van der Waals surface area contributed by atoms with Crippen molar-refractivity contribution in [3.63, 3.8) is 0 Å². The van der Waals surface area contributed by atoms with Gasteiger partial charge >= 0.3 is 0 Å². The maximum atomic E-state index is 11.1. The highest BCUT2D eigenvalue weighted by molar-refractivity contribution is 5.41. The van der Waals surface area contributed by atoms with Crippen LogP contribution >= 0.6 is 0 Å². The van der Waals surface area contributed by atoms with Gasteiger partial charge in [-0.05, 0) is 50.8 Å². The topological polar surface area (TPSA) is 76.6 Å². The van der Waals surface area contributed by atoms with E-state index in [0.717, 1.165) is 73.1 Å². The molecule has 4 rings (SSSR count). The van der Waals surface area contributed by atoms with Crippen LogP contribution in [0.15, 0.2) is 35.1 Å². The van der Waals surface area contributed by atoms with Crippen LogP contribution in [0.25, 0.3) is 0 Å². The average molecular weight is 425 g/mol. The number of aliphatic hydroxyl groups is 1. The minimum atomic E-state index is -0.670. The lowest BCUT2D eigenvalue weighted by molar-refractivity contribution is -0.0361. The summed E-state index contributed by atoms with van der Waals surface area (Å²) in [4.78, 5) is 6.68. The predicted molar refractivity (Wildman–Crippen MR) is 118 cm³/mol. The molecule has 7 nitrogen and oxygen atoms in total. The SMILES string of the molecule is COc1ccc(CN2CCC(O)(Cn3ccnc3C)CC2)cc1Cc1c(C)noc1C. The summed E-state index contributed by atoms with van der Waals surface area (Å²) in [7, 11) is 1.71. The highest BCUT2D eigenvalue weighted by Gasteiger charge is 2.33. The van der Waals surface area contributed by atoms with E-state index in [1.165, 1.54) is 5.56 Å². The minimum Gasteiger partial charge on any atom is -0.496 e. The molecule has 0 amide bonds. The number of aromatic nitrogens is 3. The summed E-state index contributed by atoms with van der Waals surface area (Å²) in [5.74, 6) is 2.68. The van der Waals surface area contributed by atoms with E-state index in [1.54, 1.807) is 13.3 Å². The van der Waals surface area contributed by atoms with Crippen molar-refractivity contribution in [1.82, 2.24) is 19.6 Å². The molecule has 1 fully saturated rings. The van der Waals surface area contributed by atoms with Gasteiger partial charge in [0.25, 0.3) is 0 Å². The Labute approximate surface area is 183 Å². The lowest BCUT2D eigenvalue weighted by Crippen LogP contribution is -2.46. The fourth-order valence-electron chi connectivity index (χ4n) is 4.44. The monoisotopic (exact) mass is 424 g/mol. The van der Waals surface area contributed by atoms with E-state index in [4.69, 9.17) is 9.26 Å². The molecule has 1 aromatic carbocycles. The number of methoxy groups -OCH3 is 1. The van der Waals surface area contributed by atoms with Crippen LogP contribution < -0.4 is 4.74 Å². The molecule has 166 valence electrons. The summed E-state index contributed by atoms with van der Waals surface area (Å²) in [5, 5.41) is 15.1. The quantitative estimate of drug-likeness (QED) is 0.626. The number of imidazole rings is 1. The van der Waals surface area contributed by atoms with Crippen LogP contribution in [0.2, 0.25) is 0 Å². The van der Waals surface area contributed by atoms with Crippen molar-refractivity contribution in [2.75, 3.05) is 20.2 Å². The van der Waals surface area contributed by atoms with Crippen LogP contribution in [0.5, 0.6) is 5.75 Å². The zero-order valence-electron chi connectivity index (χ0n) is 18.9. The first-order valence-electron chi connectivity index (χ1n) is 10.9. The van der Waals surface area contributed by atoms with Gasteiger partial charge < -0.3 is 18.9 Å². The molecule has 1 saturated heterocycles. The van der Waals surface area contributed by atoms with Crippen LogP contribution in [0.1, 0.15) is 46.8 Å². The van der Waals surface area contributed by atoms with Gasteiger partial charge in [0.05, 0.1) is 24.9 Å². The lowest BCUT2D eigenvalue weighted by atomic mass is 9.91. The molecular weight excluding hydrogens is 392 g/mol. The Morgan fingerprint density at radius 2 is 1.97 bits per heavy atom. The zero-order chi connectivity index (χ0) is 22.0. The smallest absolute Gasteiger partial charge is 0.137 e. The Morgan fingerprint density at radius 1 is 1.19 bits per heavy atom. The van der Waals surface area contributed by atoms with Gasteiger partial charge in [0.1, 0.15) is 17.3 Å². The molecule has 3 aromatic rings. The van der Waals surface area contributed by atoms with Crippen LogP contribution in [-0.4, -0.2) is 50.5 Å². The second-order valence-corrected chi connectivity index (χ2v) is 8.73. The normalized spacial score (nSPS) is 16.5. The zero-order valence-corrected chi connectivity index (χ0v) is 18.9. The molecule has 0 saturated carbocycles. The summed E-state index contributed by atoms with van der Waals surface area (Å²) in [6.45, 7) is 9.11. The van der Waals surface area contributed by atoms with E-state index in [1.807, 2.05) is 37.6 Å². The van der Waals surface area contributed by atoms with Crippen molar-refractivity contribution in [3.8, 4) is 5.75 Å². The van der Waals surface area contributed by atoms with Gasteiger partial charge in [-0.15, -0.1) is 0 Å². The third-order valence-corrected chi connectivity index (χ3v) is 6.47. The molecule has 1 aliphatic heterocycles. The van der Waals surface area contributed by atoms with E-state index in [9.17, 15) is 5.11 Å². The molecule has 0 bridgehead atoms. The fourth-order valence-corrected chi connectivity index (χ4v) is 4.44. The van der Waals surface area contributed by atoms with Gasteiger partial charge in [-0.3, -0.25) is 4.90 Å². The van der Waals surface area contributed by atoms with Gasteiger partial charge in [0, 0.05) is 44.0 Å². The van der Waals surface area contributed by atoms with Crippen molar-refractivity contribution in [1.29, 1.82) is 0 Å². The first-order valence-corrected chi connectivity index (χ1v) is 10.9. The number of benzene rings is 1. The molecule has 0 radical (unpaired) electrons. The van der Waals surface area contributed by atoms with Crippen LogP contribution in [0, 0.1) is 20.8 Å². The Bertz CT molecular complexity index is 1010. The number of likely N-dealkylation sites (tertiary alicyclic amines) is 1. The van der Waals surface area contributed by atoms with Gasteiger partial charge in [-0.1, -0.05) is 17.3 Å². The van der Waals surface area contributed by atoms with Crippen LogP contribution in [0.3, 0.4) is 0 Å². The molecule has 0 aliphatic carbocycles. The van der Waals surface area contributed by atoms with Crippen molar-refractivity contribution in [3.05, 3.63) is 64.6 Å². The second kappa shape index (κ2) is 8.85. The molecule has 0 spiro atoms. The molecule has 1 aliphatic rings. The number of rotatable bonds is 7. The van der Waals surface area contributed by atoms with Crippen molar-refractivity contribution in [2.45, 2.75) is 58.7 Å². The highest BCUT2D eigenvalue weighted by atomic mass is 16.5. The van der Waals surface area contributed by atoms with Gasteiger partial charge in [0.15, 0.2) is 0 Å². The first-order chi connectivity index (χ1) is 14.9. The molecule has 2 aromatic heterocycles. The highest BCUT2D eigenvalue weighted by Crippen LogP contribution is 2.29. The Morgan fingerprint density at radius 3 is 2.58 bits per heavy atom.